The smallest absolute Gasteiger partial charge is 0.315 e. The van der Waals surface area contributed by atoms with Crippen molar-refractivity contribution in [1.82, 2.24) is 24.8 Å². The average molecular weight is 534 g/mol. The molecular formula is C25H30ClF2N7O2. The number of carbonyl (C=O) groups excluding carboxylic acids is 2. The van der Waals surface area contributed by atoms with Crippen LogP contribution in [-0.4, -0.2) is 69.5 Å². The molecule has 0 aromatic carbocycles. The number of hydrogen-bond donors (Lipinski definition) is 2. The molecule has 3 aliphatic rings. The highest BCUT2D eigenvalue weighted by Gasteiger charge is 2.36. The Labute approximate surface area is 218 Å². The first-order chi connectivity index (χ1) is 17.7. The largest absolute Gasteiger partial charge is 0.355 e. The molecule has 2 aromatic heterocycles. The van der Waals surface area contributed by atoms with E-state index in [0.29, 0.717) is 29.3 Å². The summed E-state index contributed by atoms with van der Waals surface area (Å²) in [7, 11) is 0. The van der Waals surface area contributed by atoms with Crippen molar-refractivity contribution in [3.63, 3.8) is 0 Å². The normalized spacial score (nSPS) is 24.4. The summed E-state index contributed by atoms with van der Waals surface area (Å²) in [6, 6.07) is 0.835. The second-order valence-electron chi connectivity index (χ2n) is 9.91. The fourth-order valence-corrected chi connectivity index (χ4v) is 5.58. The number of amides is 2. The highest BCUT2D eigenvalue weighted by atomic mass is 35.5. The summed E-state index contributed by atoms with van der Waals surface area (Å²) in [6.45, 7) is 4.08. The zero-order valence-electron chi connectivity index (χ0n) is 20.5. The van der Waals surface area contributed by atoms with Crippen LogP contribution in [0.25, 0.3) is 5.65 Å². The van der Waals surface area contributed by atoms with Gasteiger partial charge in [-0.05, 0) is 45.1 Å². The fourth-order valence-electron chi connectivity index (χ4n) is 5.38. The van der Waals surface area contributed by atoms with E-state index in [9.17, 15) is 18.4 Å². The van der Waals surface area contributed by atoms with Crippen molar-refractivity contribution >= 4 is 34.9 Å². The Kier molecular flexibility index (Phi) is 7.17. The standard InChI is InChI=1S/C25H30ClF2N7O2/c1-14-12-35-21(31-23(14)33-9-7-16(29)13-33)11-19(32-35)20-4-2-3-8-34(20)25(37)17-10-15(26)5-6-18(17)30-24(36)22(27)28/h5,10-12,16,18,20,22H,2-4,6-9,13,29H2,1H3,(H,30,36)/t16?,18?,20-/m0/s1. The number of halogens is 3. The van der Waals surface area contributed by atoms with E-state index in [0.717, 1.165) is 43.7 Å². The summed E-state index contributed by atoms with van der Waals surface area (Å²) in [4.78, 5) is 34.2. The van der Waals surface area contributed by atoms with Crippen molar-refractivity contribution < 1.29 is 18.4 Å². The van der Waals surface area contributed by atoms with Gasteiger partial charge in [0.2, 0.25) is 0 Å². The van der Waals surface area contributed by atoms with Crippen LogP contribution in [0.5, 0.6) is 0 Å². The van der Waals surface area contributed by atoms with Gasteiger partial charge >= 0.3 is 6.43 Å². The molecule has 3 N–H and O–H groups in total. The Morgan fingerprint density at radius 1 is 1.24 bits per heavy atom. The van der Waals surface area contributed by atoms with Crippen LogP contribution in [0.15, 0.2) is 35.0 Å². The minimum atomic E-state index is -3.17. The lowest BCUT2D eigenvalue weighted by atomic mass is 9.93. The highest BCUT2D eigenvalue weighted by Crippen LogP contribution is 2.34. The zero-order chi connectivity index (χ0) is 26.3. The Morgan fingerprint density at radius 2 is 2.05 bits per heavy atom. The van der Waals surface area contributed by atoms with Gasteiger partial charge in [0.05, 0.1) is 17.8 Å². The number of aryl methyl sites for hydroxylation is 1. The number of carbonyl (C=O) groups is 2. The van der Waals surface area contributed by atoms with Crippen LogP contribution >= 0.6 is 11.6 Å². The summed E-state index contributed by atoms with van der Waals surface area (Å²) < 4.78 is 27.5. The van der Waals surface area contributed by atoms with Crippen molar-refractivity contribution in [3.05, 3.63) is 46.3 Å². The molecule has 4 heterocycles. The molecule has 2 amide bonds. The molecule has 198 valence electrons. The van der Waals surface area contributed by atoms with Gasteiger partial charge in [-0.25, -0.2) is 9.50 Å². The van der Waals surface area contributed by atoms with Crippen LogP contribution in [-0.2, 0) is 9.59 Å². The molecule has 1 aliphatic carbocycles. The van der Waals surface area contributed by atoms with Gasteiger partial charge in [-0.3, -0.25) is 9.59 Å². The summed E-state index contributed by atoms with van der Waals surface area (Å²) in [5.74, 6) is -0.875. The lowest BCUT2D eigenvalue weighted by molar-refractivity contribution is -0.133. The summed E-state index contributed by atoms with van der Waals surface area (Å²) >= 11 is 6.18. The van der Waals surface area contributed by atoms with Gasteiger partial charge in [0, 0.05) is 54.1 Å². The maximum atomic E-state index is 13.7. The first-order valence-electron chi connectivity index (χ1n) is 12.6. The van der Waals surface area contributed by atoms with Crippen LogP contribution in [0.2, 0.25) is 0 Å². The number of anilines is 1. The van der Waals surface area contributed by atoms with E-state index < -0.39 is 18.4 Å². The third kappa shape index (κ3) is 5.19. The zero-order valence-corrected chi connectivity index (χ0v) is 21.3. The maximum Gasteiger partial charge on any atom is 0.315 e. The number of aromatic nitrogens is 3. The molecule has 9 nitrogen and oxygen atoms in total. The van der Waals surface area contributed by atoms with E-state index in [2.05, 4.69) is 10.2 Å². The molecule has 0 spiro atoms. The predicted molar refractivity (Wildman–Crippen MR) is 135 cm³/mol. The van der Waals surface area contributed by atoms with Crippen LogP contribution in [0.3, 0.4) is 0 Å². The second-order valence-corrected chi connectivity index (χ2v) is 10.3. The molecule has 12 heteroatoms. The molecule has 2 unspecified atom stereocenters. The number of nitrogens with zero attached hydrogens (tertiary/aromatic N) is 5. The summed E-state index contributed by atoms with van der Waals surface area (Å²) in [5, 5.41) is 7.36. The van der Waals surface area contributed by atoms with Crippen molar-refractivity contribution in [2.24, 2.45) is 5.73 Å². The first-order valence-corrected chi connectivity index (χ1v) is 12.9. The number of likely N-dealkylation sites (tertiary alicyclic amines) is 1. The number of alkyl halides is 2. The van der Waals surface area contributed by atoms with E-state index >= 15 is 0 Å². The number of hydrogen-bond acceptors (Lipinski definition) is 6. The van der Waals surface area contributed by atoms with E-state index in [1.807, 2.05) is 19.2 Å². The summed E-state index contributed by atoms with van der Waals surface area (Å²) in [6.07, 6.45) is 5.32. The Morgan fingerprint density at radius 3 is 2.78 bits per heavy atom. The number of piperidine rings is 1. The number of nitrogens with two attached hydrogens (primary N) is 1. The number of allylic oxidation sites excluding steroid dienone is 2. The van der Waals surface area contributed by atoms with Crippen LogP contribution in [0.1, 0.15) is 49.4 Å². The number of fused-ring (bicyclic) bond motifs is 1. The molecule has 2 saturated heterocycles. The van der Waals surface area contributed by atoms with Crippen LogP contribution < -0.4 is 16.0 Å². The van der Waals surface area contributed by atoms with Crippen LogP contribution in [0, 0.1) is 6.92 Å². The monoisotopic (exact) mass is 533 g/mol. The third-order valence-electron chi connectivity index (χ3n) is 7.23. The molecule has 2 aliphatic heterocycles. The first kappa shape index (κ1) is 25.6. The molecule has 0 saturated carbocycles. The van der Waals surface area contributed by atoms with Crippen molar-refractivity contribution in [3.8, 4) is 0 Å². The van der Waals surface area contributed by atoms with Crippen molar-refractivity contribution in [2.75, 3.05) is 24.5 Å². The minimum Gasteiger partial charge on any atom is -0.355 e. The molecular weight excluding hydrogens is 504 g/mol. The van der Waals surface area contributed by atoms with Crippen LogP contribution in [0.4, 0.5) is 14.6 Å². The molecule has 0 radical (unpaired) electrons. The molecule has 2 fully saturated rings. The fraction of sp³-hybridized carbons (Fsp3) is 0.520. The Bertz CT molecular complexity index is 1280. The lowest BCUT2D eigenvalue weighted by Crippen LogP contribution is -2.47. The SMILES string of the molecule is Cc1cn2nc([C@@H]3CCCCN3C(=O)C3=CC(Cl)=CCC3NC(=O)C(F)F)cc2nc1N1CCC(N)C1. The van der Waals surface area contributed by atoms with E-state index in [1.54, 1.807) is 15.5 Å². The maximum absolute atomic E-state index is 13.7. The van der Waals surface area contributed by atoms with Gasteiger partial charge in [0.1, 0.15) is 5.82 Å². The van der Waals surface area contributed by atoms with Gasteiger partial charge in [-0.15, -0.1) is 0 Å². The second kappa shape index (κ2) is 10.4. The van der Waals surface area contributed by atoms with Gasteiger partial charge in [0.25, 0.3) is 11.8 Å². The molecule has 2 aromatic rings. The number of rotatable bonds is 5. The average Bonchev–Trinajstić information content (AvgIpc) is 3.49. The Hall–Kier alpha value is -3.05. The van der Waals surface area contributed by atoms with Gasteiger partial charge < -0.3 is 20.9 Å². The van der Waals surface area contributed by atoms with E-state index in [4.69, 9.17) is 27.4 Å². The van der Waals surface area contributed by atoms with Gasteiger partial charge in [-0.2, -0.15) is 13.9 Å². The molecule has 0 bridgehead atoms. The molecule has 3 atom stereocenters. The summed E-state index contributed by atoms with van der Waals surface area (Å²) in [5.41, 5.74) is 8.66. The molecule has 37 heavy (non-hydrogen) atoms. The van der Waals surface area contributed by atoms with Crippen molar-refractivity contribution in [1.29, 1.82) is 0 Å². The predicted octanol–water partition coefficient (Wildman–Crippen LogP) is 2.83. The Balaban J connectivity index is 1.43. The quantitative estimate of drug-likeness (QED) is 0.612. The topological polar surface area (TPSA) is 109 Å². The van der Waals surface area contributed by atoms with E-state index in [-0.39, 0.29) is 30.0 Å². The van der Waals surface area contributed by atoms with Gasteiger partial charge in [-0.1, -0.05) is 17.7 Å². The minimum absolute atomic E-state index is 0.131. The van der Waals surface area contributed by atoms with Gasteiger partial charge in [0.15, 0.2) is 5.65 Å². The highest BCUT2D eigenvalue weighted by molar-refractivity contribution is 6.31. The lowest BCUT2D eigenvalue weighted by Gasteiger charge is -2.37. The molecule has 5 rings (SSSR count). The van der Waals surface area contributed by atoms with E-state index in [1.165, 1.54) is 6.08 Å². The number of nitrogens with one attached hydrogen (secondary N) is 1. The third-order valence-corrected chi connectivity index (χ3v) is 7.50. The van der Waals surface area contributed by atoms with Crippen molar-refractivity contribution in [2.45, 2.75) is 63.6 Å².